The molecule has 0 aliphatic carbocycles. The molecule has 0 saturated carbocycles. The molecule has 8 heteroatoms. The molecule has 0 fully saturated rings. The molecule has 2 aromatic carbocycles. The van der Waals surface area contributed by atoms with Crippen LogP contribution in [0, 0.1) is 0 Å². The lowest BCUT2D eigenvalue weighted by molar-refractivity contribution is 0.108. The van der Waals surface area contributed by atoms with Crippen molar-refractivity contribution in [2.24, 2.45) is 4.99 Å². The summed E-state index contributed by atoms with van der Waals surface area (Å²) in [7, 11) is 0. The molecule has 2 atom stereocenters. The van der Waals surface area contributed by atoms with Gasteiger partial charge in [0, 0.05) is 4.83 Å². The van der Waals surface area contributed by atoms with Gasteiger partial charge in [-0.25, -0.2) is 14.5 Å². The van der Waals surface area contributed by atoms with Crippen LogP contribution in [-0.4, -0.2) is 40.5 Å². The average molecular weight is 460 g/mol. The Hall–Kier alpha value is -2.87. The van der Waals surface area contributed by atoms with Gasteiger partial charge in [0.25, 0.3) is 0 Å². The normalized spacial score (nSPS) is 16.7. The van der Waals surface area contributed by atoms with Crippen LogP contribution in [0.15, 0.2) is 65.7 Å². The van der Waals surface area contributed by atoms with Crippen molar-refractivity contribution in [3.8, 4) is 0 Å². The summed E-state index contributed by atoms with van der Waals surface area (Å²) in [5.41, 5.74) is 1.74. The van der Waals surface area contributed by atoms with Gasteiger partial charge < -0.3 is 9.47 Å². The van der Waals surface area contributed by atoms with Gasteiger partial charge >= 0.3 is 12.2 Å². The minimum Gasteiger partial charge on any atom is -0.444 e. The molecule has 2 aromatic rings. The quantitative estimate of drug-likeness (QED) is 0.683. The van der Waals surface area contributed by atoms with E-state index in [-0.39, 0.29) is 30.0 Å². The third-order valence-electron chi connectivity index (χ3n) is 4.35. The van der Waals surface area contributed by atoms with E-state index in [2.05, 4.69) is 26.2 Å². The summed E-state index contributed by atoms with van der Waals surface area (Å²) in [5.74, 6) is 0.123. The number of nitrogens with zero attached hydrogens (tertiary/aromatic N) is 2. The van der Waals surface area contributed by atoms with Crippen molar-refractivity contribution in [1.29, 1.82) is 0 Å². The number of carbonyl (C=O) groups is 2. The van der Waals surface area contributed by atoms with Crippen molar-refractivity contribution in [2.45, 2.75) is 31.0 Å². The molecule has 3 rings (SSSR count). The van der Waals surface area contributed by atoms with Gasteiger partial charge in [-0.1, -0.05) is 83.5 Å². The Morgan fingerprint density at radius 3 is 2.17 bits per heavy atom. The Morgan fingerprint density at radius 2 is 1.62 bits per heavy atom. The molecular formula is C21H22BrN3O4. The van der Waals surface area contributed by atoms with E-state index in [0.29, 0.717) is 6.54 Å². The van der Waals surface area contributed by atoms with Gasteiger partial charge in [0.1, 0.15) is 13.2 Å². The molecule has 29 heavy (non-hydrogen) atoms. The topological polar surface area (TPSA) is 80.2 Å². The fourth-order valence-corrected chi connectivity index (χ4v) is 3.21. The smallest absolute Gasteiger partial charge is 0.417 e. The van der Waals surface area contributed by atoms with Crippen molar-refractivity contribution < 1.29 is 19.1 Å². The van der Waals surface area contributed by atoms with Crippen LogP contribution in [0.1, 0.15) is 18.1 Å². The van der Waals surface area contributed by atoms with Gasteiger partial charge in [0.05, 0.1) is 12.6 Å². The Kier molecular flexibility index (Phi) is 7.24. The number of hydrogen-bond acceptors (Lipinski definition) is 5. The molecule has 1 aliphatic rings. The fraction of sp³-hybridized carbons (Fsp3) is 0.286. The fourth-order valence-electron chi connectivity index (χ4n) is 2.81. The van der Waals surface area contributed by atoms with E-state index < -0.39 is 12.2 Å². The molecule has 1 heterocycles. The van der Waals surface area contributed by atoms with Crippen molar-refractivity contribution >= 4 is 34.1 Å². The highest BCUT2D eigenvalue weighted by Crippen LogP contribution is 2.20. The maximum absolute atomic E-state index is 12.7. The number of nitrogens with one attached hydrogen (secondary N) is 1. The number of benzene rings is 2. The Balaban J connectivity index is 1.60. The lowest BCUT2D eigenvalue weighted by Gasteiger charge is -2.26. The highest BCUT2D eigenvalue weighted by Gasteiger charge is 2.37. The Morgan fingerprint density at radius 1 is 1.07 bits per heavy atom. The number of alkyl halides is 1. The number of ether oxygens (including phenoxy) is 2. The molecule has 2 unspecified atom stereocenters. The summed E-state index contributed by atoms with van der Waals surface area (Å²) in [6.07, 6.45) is -1.26. The van der Waals surface area contributed by atoms with Gasteiger partial charge in [-0.15, -0.1) is 0 Å². The molecule has 2 amide bonds. The number of guanidine groups is 1. The van der Waals surface area contributed by atoms with E-state index in [1.54, 1.807) is 0 Å². The van der Waals surface area contributed by atoms with E-state index in [4.69, 9.17) is 9.47 Å². The third-order valence-corrected chi connectivity index (χ3v) is 4.96. The first kappa shape index (κ1) is 20.9. The monoisotopic (exact) mass is 459 g/mol. The lowest BCUT2D eigenvalue weighted by Crippen LogP contribution is -2.51. The molecule has 1 aliphatic heterocycles. The van der Waals surface area contributed by atoms with Gasteiger partial charge in [-0.2, -0.15) is 0 Å². The number of carbonyl (C=O) groups excluding carboxylic acids is 2. The maximum Gasteiger partial charge on any atom is 0.417 e. The van der Waals surface area contributed by atoms with E-state index >= 15 is 0 Å². The van der Waals surface area contributed by atoms with Crippen LogP contribution in [0.2, 0.25) is 0 Å². The number of alkyl carbamates (subject to hydrolysis) is 1. The highest BCUT2D eigenvalue weighted by atomic mass is 79.9. The second kappa shape index (κ2) is 10.1. The van der Waals surface area contributed by atoms with Crippen molar-refractivity contribution in [3.05, 3.63) is 71.8 Å². The first-order chi connectivity index (χ1) is 14.0. The van der Waals surface area contributed by atoms with Crippen LogP contribution in [0.25, 0.3) is 0 Å². The van der Waals surface area contributed by atoms with Crippen LogP contribution in [-0.2, 0) is 22.7 Å². The molecular weight excluding hydrogens is 438 g/mol. The molecule has 0 saturated heterocycles. The predicted molar refractivity (Wildman–Crippen MR) is 113 cm³/mol. The standard InChI is InChI=1S/C21H22BrN3O4/c1-15(22)18-12-23-19(24-20(26)28-13-16-8-4-2-5-9-16)25(18)21(27)29-14-17-10-6-3-7-11-17/h2-11,15,18H,12-14H2,1H3,(H,23,24,26). The summed E-state index contributed by atoms with van der Waals surface area (Å²) >= 11 is 3.49. The zero-order valence-electron chi connectivity index (χ0n) is 16.0. The lowest BCUT2D eigenvalue weighted by atomic mass is 10.2. The summed E-state index contributed by atoms with van der Waals surface area (Å²) < 4.78 is 10.6. The van der Waals surface area contributed by atoms with Gasteiger partial charge in [-0.3, -0.25) is 10.3 Å². The van der Waals surface area contributed by atoms with Crippen LogP contribution >= 0.6 is 15.9 Å². The third kappa shape index (κ3) is 5.80. The molecule has 0 radical (unpaired) electrons. The summed E-state index contributed by atoms with van der Waals surface area (Å²) in [5, 5.41) is 2.56. The SMILES string of the molecule is CC(Br)C1CN=C(NC(=O)OCc2ccccc2)N1C(=O)OCc1ccccc1. The molecule has 7 nitrogen and oxygen atoms in total. The minimum absolute atomic E-state index is 0.0461. The van der Waals surface area contributed by atoms with E-state index in [1.165, 1.54) is 4.90 Å². The summed E-state index contributed by atoms with van der Waals surface area (Å²) in [6, 6.07) is 18.4. The summed E-state index contributed by atoms with van der Waals surface area (Å²) in [6.45, 7) is 2.51. The molecule has 1 N–H and O–H groups in total. The van der Waals surface area contributed by atoms with Crippen molar-refractivity contribution in [1.82, 2.24) is 10.2 Å². The molecule has 0 spiro atoms. The van der Waals surface area contributed by atoms with E-state index in [1.807, 2.05) is 67.6 Å². The first-order valence-corrected chi connectivity index (χ1v) is 10.1. The van der Waals surface area contributed by atoms with Crippen molar-refractivity contribution in [2.75, 3.05) is 6.54 Å². The predicted octanol–water partition coefficient (Wildman–Crippen LogP) is 4.07. The van der Waals surface area contributed by atoms with Gasteiger partial charge in [0.15, 0.2) is 0 Å². The van der Waals surface area contributed by atoms with E-state index in [0.717, 1.165) is 11.1 Å². The number of rotatable bonds is 5. The second-order valence-corrected chi connectivity index (χ2v) is 7.95. The first-order valence-electron chi connectivity index (χ1n) is 9.20. The van der Waals surface area contributed by atoms with Crippen LogP contribution < -0.4 is 5.32 Å². The number of halogens is 1. The Bertz CT molecular complexity index is 859. The average Bonchev–Trinajstić information content (AvgIpc) is 3.16. The van der Waals surface area contributed by atoms with Gasteiger partial charge in [-0.05, 0) is 11.1 Å². The second-order valence-electron chi connectivity index (χ2n) is 6.51. The van der Waals surface area contributed by atoms with E-state index in [9.17, 15) is 9.59 Å². The number of amides is 2. The summed E-state index contributed by atoms with van der Waals surface area (Å²) in [4.78, 5) is 30.5. The van der Waals surface area contributed by atoms with Crippen LogP contribution in [0.4, 0.5) is 9.59 Å². The van der Waals surface area contributed by atoms with Gasteiger partial charge in [0.2, 0.25) is 5.96 Å². The molecule has 0 bridgehead atoms. The van der Waals surface area contributed by atoms with Crippen LogP contribution in [0.5, 0.6) is 0 Å². The zero-order chi connectivity index (χ0) is 20.6. The molecule has 152 valence electrons. The minimum atomic E-state index is -0.684. The van der Waals surface area contributed by atoms with Crippen LogP contribution in [0.3, 0.4) is 0 Å². The maximum atomic E-state index is 12.7. The van der Waals surface area contributed by atoms with Crippen molar-refractivity contribution in [3.63, 3.8) is 0 Å². The highest BCUT2D eigenvalue weighted by molar-refractivity contribution is 9.09. The molecule has 0 aromatic heterocycles. The number of aliphatic imine (C=N–C) groups is 1. The number of hydrogen-bond donors (Lipinski definition) is 1. The zero-order valence-corrected chi connectivity index (χ0v) is 17.5. The largest absolute Gasteiger partial charge is 0.444 e. The Labute approximate surface area is 177 Å².